The van der Waals surface area contributed by atoms with Gasteiger partial charge in [0.2, 0.25) is 5.95 Å². The van der Waals surface area contributed by atoms with Crippen molar-refractivity contribution in [3.8, 4) is 0 Å². The third-order valence-corrected chi connectivity index (χ3v) is 7.55. The number of nitrogens with zero attached hydrogens (tertiary/aromatic N) is 4. The fourth-order valence-electron chi connectivity index (χ4n) is 4.20. The number of halogens is 2. The molecular weight excluding hydrogens is 390 g/mol. The number of anilines is 2. The van der Waals surface area contributed by atoms with Crippen molar-refractivity contribution in [2.75, 3.05) is 68.0 Å². The molecule has 0 radical (unpaired) electrons. The number of piperazine rings is 1. The second kappa shape index (κ2) is 7.72. The Labute approximate surface area is 164 Å². The summed E-state index contributed by atoms with van der Waals surface area (Å²) in [4.78, 5) is 8.74. The lowest BCUT2D eigenvalue weighted by molar-refractivity contribution is 0.115. The molecule has 156 valence electrons. The molecule has 0 aliphatic carbocycles. The van der Waals surface area contributed by atoms with Crippen LogP contribution >= 0.6 is 0 Å². The molecule has 0 saturated carbocycles. The minimum Gasteiger partial charge on any atom is -0.376 e. The number of pyridine rings is 1. The van der Waals surface area contributed by atoms with Gasteiger partial charge in [-0.25, -0.2) is 12.8 Å². The molecule has 1 aromatic heterocycles. The standard InChI is InChI=1S/C18H26F2N4O3S/c1-2-22-5-7-23(8-6-22)18-14(19)16-15(17(20)21-18)24(9-11-28(16,25)26)12-13-4-3-10-27-13/h13H,2-12H2,1H3/t13-/m0/s1. The van der Waals surface area contributed by atoms with E-state index in [1.165, 1.54) is 0 Å². The molecule has 0 aromatic carbocycles. The first-order chi connectivity index (χ1) is 13.4. The van der Waals surface area contributed by atoms with E-state index in [1.807, 2.05) is 6.92 Å². The van der Waals surface area contributed by atoms with E-state index in [0.29, 0.717) is 39.3 Å². The molecule has 0 bridgehead atoms. The van der Waals surface area contributed by atoms with Crippen LogP contribution in [0.2, 0.25) is 0 Å². The first-order valence-corrected chi connectivity index (χ1v) is 11.5. The van der Waals surface area contributed by atoms with Gasteiger partial charge in [-0.15, -0.1) is 0 Å². The summed E-state index contributed by atoms with van der Waals surface area (Å²) >= 11 is 0. The molecular formula is C18H26F2N4O3S. The van der Waals surface area contributed by atoms with E-state index in [4.69, 9.17) is 4.74 Å². The first-order valence-electron chi connectivity index (χ1n) is 9.86. The van der Waals surface area contributed by atoms with E-state index in [2.05, 4.69) is 9.88 Å². The molecule has 2 fully saturated rings. The average Bonchev–Trinajstić information content (AvgIpc) is 3.19. The number of aromatic nitrogens is 1. The summed E-state index contributed by atoms with van der Waals surface area (Å²) in [7, 11) is -3.91. The fraction of sp³-hybridized carbons (Fsp3) is 0.722. The summed E-state index contributed by atoms with van der Waals surface area (Å²) in [6.07, 6.45) is 1.65. The number of sulfone groups is 1. The molecule has 0 amide bonds. The topological polar surface area (TPSA) is 66.0 Å². The maximum atomic E-state index is 15.4. The van der Waals surface area contributed by atoms with E-state index in [9.17, 15) is 8.42 Å². The molecule has 4 heterocycles. The van der Waals surface area contributed by atoms with Crippen LogP contribution < -0.4 is 9.80 Å². The summed E-state index contributed by atoms with van der Waals surface area (Å²) in [5, 5.41) is 0. The van der Waals surface area contributed by atoms with Gasteiger partial charge in [0.15, 0.2) is 21.5 Å². The summed E-state index contributed by atoms with van der Waals surface area (Å²) < 4.78 is 61.3. The minimum atomic E-state index is -3.91. The molecule has 1 aromatic rings. The van der Waals surface area contributed by atoms with Crippen molar-refractivity contribution in [2.24, 2.45) is 0 Å². The maximum Gasteiger partial charge on any atom is 0.239 e. The predicted molar refractivity (Wildman–Crippen MR) is 102 cm³/mol. The van der Waals surface area contributed by atoms with Crippen LogP contribution in [-0.2, 0) is 14.6 Å². The SMILES string of the molecule is CCN1CCN(c2nc(F)c3c(c2F)S(=O)(=O)CCN3C[C@@H]2CCCO2)CC1. The predicted octanol–water partition coefficient (Wildman–Crippen LogP) is 1.27. The molecule has 0 unspecified atom stereocenters. The van der Waals surface area contributed by atoms with Gasteiger partial charge in [0.25, 0.3) is 0 Å². The van der Waals surface area contributed by atoms with Crippen molar-refractivity contribution in [2.45, 2.75) is 30.8 Å². The van der Waals surface area contributed by atoms with Gasteiger partial charge in [-0.2, -0.15) is 9.37 Å². The van der Waals surface area contributed by atoms with Crippen molar-refractivity contribution < 1.29 is 21.9 Å². The summed E-state index contributed by atoms with van der Waals surface area (Å²) in [5.41, 5.74) is -0.241. The first kappa shape index (κ1) is 19.8. The normalized spacial score (nSPS) is 25.2. The summed E-state index contributed by atoms with van der Waals surface area (Å²) in [6, 6.07) is 0. The van der Waals surface area contributed by atoms with Crippen LogP contribution in [0.1, 0.15) is 19.8 Å². The second-order valence-electron chi connectivity index (χ2n) is 7.54. The lowest BCUT2D eigenvalue weighted by atomic mass is 10.2. The average molecular weight is 416 g/mol. The Kier molecular flexibility index (Phi) is 5.45. The molecule has 3 aliphatic rings. The highest BCUT2D eigenvalue weighted by molar-refractivity contribution is 7.91. The van der Waals surface area contributed by atoms with Crippen LogP contribution in [0.25, 0.3) is 0 Å². The van der Waals surface area contributed by atoms with Crippen LogP contribution in [0.15, 0.2) is 4.90 Å². The molecule has 28 heavy (non-hydrogen) atoms. The van der Waals surface area contributed by atoms with Crippen LogP contribution in [0.3, 0.4) is 0 Å². The number of likely N-dealkylation sites (N-methyl/N-ethyl adjacent to an activating group) is 1. The van der Waals surface area contributed by atoms with Gasteiger partial charge in [0, 0.05) is 45.9 Å². The van der Waals surface area contributed by atoms with Gasteiger partial charge in [0.1, 0.15) is 10.6 Å². The van der Waals surface area contributed by atoms with Crippen LogP contribution in [0.4, 0.5) is 20.3 Å². The number of fused-ring (bicyclic) bond motifs is 1. The van der Waals surface area contributed by atoms with Crippen LogP contribution in [0.5, 0.6) is 0 Å². The highest BCUT2D eigenvalue weighted by Crippen LogP contribution is 2.38. The Morgan fingerprint density at radius 2 is 1.93 bits per heavy atom. The third-order valence-electron chi connectivity index (χ3n) is 5.83. The molecule has 0 spiro atoms. The quantitative estimate of drug-likeness (QED) is 0.685. The Balaban J connectivity index is 1.70. The van der Waals surface area contributed by atoms with Crippen LogP contribution in [-0.4, -0.2) is 82.6 Å². The van der Waals surface area contributed by atoms with E-state index < -0.39 is 26.5 Å². The molecule has 7 nitrogen and oxygen atoms in total. The van der Waals surface area contributed by atoms with Crippen molar-refractivity contribution >= 4 is 21.3 Å². The third kappa shape index (κ3) is 3.57. The molecule has 0 N–H and O–H groups in total. The Bertz CT molecular complexity index is 838. The monoisotopic (exact) mass is 416 g/mol. The number of hydrogen-bond donors (Lipinski definition) is 0. The van der Waals surface area contributed by atoms with E-state index in [1.54, 1.807) is 9.80 Å². The zero-order valence-corrected chi connectivity index (χ0v) is 16.8. The van der Waals surface area contributed by atoms with Crippen LogP contribution in [0, 0.1) is 11.8 Å². The Morgan fingerprint density at radius 1 is 1.18 bits per heavy atom. The van der Waals surface area contributed by atoms with Crippen molar-refractivity contribution in [1.29, 1.82) is 0 Å². The highest BCUT2D eigenvalue weighted by Gasteiger charge is 2.39. The lowest BCUT2D eigenvalue weighted by Crippen LogP contribution is -2.47. The number of rotatable bonds is 4. The molecule has 3 aliphatic heterocycles. The van der Waals surface area contributed by atoms with E-state index in [0.717, 1.165) is 19.4 Å². The van der Waals surface area contributed by atoms with Gasteiger partial charge < -0.3 is 19.4 Å². The van der Waals surface area contributed by atoms with Gasteiger partial charge in [-0.1, -0.05) is 6.92 Å². The van der Waals surface area contributed by atoms with Gasteiger partial charge in [-0.05, 0) is 19.4 Å². The summed E-state index contributed by atoms with van der Waals surface area (Å²) in [5.74, 6) is -2.30. The van der Waals surface area contributed by atoms with Gasteiger partial charge in [0.05, 0.1) is 11.9 Å². The maximum absolute atomic E-state index is 15.4. The minimum absolute atomic E-state index is 0.0992. The Morgan fingerprint density at radius 3 is 2.57 bits per heavy atom. The number of hydrogen-bond acceptors (Lipinski definition) is 7. The van der Waals surface area contributed by atoms with Gasteiger partial charge >= 0.3 is 0 Å². The smallest absolute Gasteiger partial charge is 0.239 e. The zero-order valence-electron chi connectivity index (χ0n) is 16.0. The Hall–Kier alpha value is -1.52. The highest BCUT2D eigenvalue weighted by atomic mass is 32.2. The van der Waals surface area contributed by atoms with E-state index >= 15 is 8.78 Å². The second-order valence-corrected chi connectivity index (χ2v) is 9.59. The van der Waals surface area contributed by atoms with Gasteiger partial charge in [-0.3, -0.25) is 0 Å². The lowest BCUT2D eigenvalue weighted by Gasteiger charge is -2.37. The van der Waals surface area contributed by atoms with Crippen molar-refractivity contribution in [1.82, 2.24) is 9.88 Å². The fourth-order valence-corrected chi connectivity index (χ4v) is 5.74. The summed E-state index contributed by atoms with van der Waals surface area (Å²) in [6.45, 7) is 6.39. The van der Waals surface area contributed by atoms with Crippen molar-refractivity contribution in [3.05, 3.63) is 11.8 Å². The molecule has 2 saturated heterocycles. The molecule has 4 rings (SSSR count). The molecule has 1 atom stereocenters. The largest absolute Gasteiger partial charge is 0.376 e. The molecule has 10 heteroatoms. The zero-order chi connectivity index (χ0) is 19.9. The van der Waals surface area contributed by atoms with Crippen molar-refractivity contribution in [3.63, 3.8) is 0 Å². The van der Waals surface area contributed by atoms with E-state index in [-0.39, 0.29) is 29.9 Å². The number of ether oxygens (including phenoxy) is 1.